The first-order valence-electron chi connectivity index (χ1n) is 12.5. The number of amides is 1. The lowest BCUT2D eigenvalue weighted by Gasteiger charge is -2.14. The van der Waals surface area contributed by atoms with Gasteiger partial charge in [-0.05, 0) is 43.2 Å². The van der Waals surface area contributed by atoms with Crippen molar-refractivity contribution in [1.82, 2.24) is 19.9 Å². The Morgan fingerprint density at radius 1 is 1.03 bits per heavy atom. The summed E-state index contributed by atoms with van der Waals surface area (Å²) in [5, 5.41) is 4.58. The van der Waals surface area contributed by atoms with Crippen molar-refractivity contribution < 1.29 is 9.59 Å². The topological polar surface area (TPSA) is 96.9 Å². The Morgan fingerprint density at radius 3 is 2.61 bits per heavy atom. The zero-order chi connectivity index (χ0) is 26.6. The van der Waals surface area contributed by atoms with Crippen LogP contribution < -0.4 is 10.9 Å². The van der Waals surface area contributed by atoms with Crippen LogP contribution in [0.4, 0.5) is 0 Å². The first-order valence-corrected chi connectivity index (χ1v) is 13.5. The first kappa shape index (κ1) is 25.5. The van der Waals surface area contributed by atoms with Crippen LogP contribution in [0.25, 0.3) is 21.8 Å². The van der Waals surface area contributed by atoms with Gasteiger partial charge in [-0.2, -0.15) is 0 Å². The molecule has 192 valence electrons. The summed E-state index contributed by atoms with van der Waals surface area (Å²) in [7, 11) is 0. The summed E-state index contributed by atoms with van der Waals surface area (Å²) >= 11 is 1.23. The molecule has 0 atom stereocenters. The predicted molar refractivity (Wildman–Crippen MR) is 152 cm³/mol. The van der Waals surface area contributed by atoms with Crippen molar-refractivity contribution in [2.45, 2.75) is 32.0 Å². The van der Waals surface area contributed by atoms with Gasteiger partial charge in [0.25, 0.3) is 11.5 Å². The fraction of sp³-hybridized carbons (Fsp3) is 0.200. The van der Waals surface area contributed by atoms with E-state index >= 15 is 0 Å². The van der Waals surface area contributed by atoms with Gasteiger partial charge in [-0.25, -0.2) is 4.98 Å². The second-order valence-corrected chi connectivity index (χ2v) is 10.2. The van der Waals surface area contributed by atoms with Gasteiger partial charge in [0.05, 0.1) is 23.2 Å². The largest absolute Gasteiger partial charge is 0.360 e. The molecule has 2 heterocycles. The Balaban J connectivity index is 1.52. The van der Waals surface area contributed by atoms with E-state index < -0.39 is 0 Å². The molecule has 0 saturated carbocycles. The molecule has 7 nitrogen and oxygen atoms in total. The highest BCUT2D eigenvalue weighted by Gasteiger charge is 2.18. The van der Waals surface area contributed by atoms with Gasteiger partial charge in [0, 0.05) is 34.8 Å². The molecule has 38 heavy (non-hydrogen) atoms. The molecule has 0 radical (unpaired) electrons. The predicted octanol–water partition coefficient (Wildman–Crippen LogP) is 5.35. The van der Waals surface area contributed by atoms with Crippen LogP contribution in [0.15, 0.2) is 82.9 Å². The molecular formula is C30H28N4O3S. The van der Waals surface area contributed by atoms with E-state index in [1.807, 2.05) is 62.4 Å². The molecule has 2 aromatic heterocycles. The lowest BCUT2D eigenvalue weighted by Crippen LogP contribution is -2.26. The van der Waals surface area contributed by atoms with Crippen molar-refractivity contribution in [3.63, 3.8) is 0 Å². The lowest BCUT2D eigenvalue weighted by molar-refractivity contribution is 0.0953. The summed E-state index contributed by atoms with van der Waals surface area (Å²) in [6, 6.07) is 20.6. The van der Waals surface area contributed by atoms with Crippen molar-refractivity contribution in [3.05, 3.63) is 106 Å². The Labute approximate surface area is 224 Å². The molecule has 0 saturated heterocycles. The zero-order valence-corrected chi connectivity index (χ0v) is 22.1. The van der Waals surface area contributed by atoms with E-state index in [2.05, 4.69) is 10.3 Å². The van der Waals surface area contributed by atoms with Crippen LogP contribution >= 0.6 is 11.8 Å². The number of aromatic amines is 1. The molecule has 0 aliphatic heterocycles. The Kier molecular flexibility index (Phi) is 7.42. The summed E-state index contributed by atoms with van der Waals surface area (Å²) in [6.07, 6.45) is 2.55. The van der Waals surface area contributed by atoms with Crippen LogP contribution in [0.5, 0.6) is 0 Å². The first-order chi connectivity index (χ1) is 18.4. The van der Waals surface area contributed by atoms with Gasteiger partial charge >= 0.3 is 0 Å². The van der Waals surface area contributed by atoms with Crippen molar-refractivity contribution in [2.24, 2.45) is 0 Å². The average Bonchev–Trinajstić information content (AvgIpc) is 3.37. The minimum atomic E-state index is -0.210. The third-order valence-electron chi connectivity index (χ3n) is 6.40. The Bertz CT molecular complexity index is 1700. The molecule has 0 spiro atoms. The summed E-state index contributed by atoms with van der Waals surface area (Å²) < 4.78 is 1.61. The van der Waals surface area contributed by atoms with Gasteiger partial charge in [0.2, 0.25) is 0 Å². The molecule has 8 heteroatoms. The minimum Gasteiger partial charge on any atom is -0.360 e. The number of para-hydroxylation sites is 1. The number of thioether (sulfide) groups is 1. The van der Waals surface area contributed by atoms with E-state index in [-0.39, 0.29) is 23.0 Å². The van der Waals surface area contributed by atoms with Gasteiger partial charge in [-0.3, -0.25) is 19.0 Å². The van der Waals surface area contributed by atoms with E-state index in [0.29, 0.717) is 40.3 Å². The highest BCUT2D eigenvalue weighted by Crippen LogP contribution is 2.24. The quantitative estimate of drug-likeness (QED) is 0.154. The number of hydrogen-bond acceptors (Lipinski definition) is 5. The Hall–Kier alpha value is -4.17. The molecule has 5 aromatic rings. The van der Waals surface area contributed by atoms with Crippen LogP contribution in [-0.4, -0.2) is 38.5 Å². The van der Waals surface area contributed by atoms with E-state index in [1.165, 1.54) is 11.8 Å². The maximum Gasteiger partial charge on any atom is 0.262 e. The number of carbonyl (C=O) groups excluding carboxylic acids is 2. The number of nitrogens with one attached hydrogen (secondary N) is 2. The number of aryl methyl sites for hydroxylation is 1. The number of rotatable bonds is 9. The summed E-state index contributed by atoms with van der Waals surface area (Å²) in [4.78, 5) is 47.3. The molecule has 5 rings (SSSR count). The van der Waals surface area contributed by atoms with Crippen LogP contribution in [0, 0.1) is 6.92 Å². The maximum atomic E-state index is 13.6. The van der Waals surface area contributed by atoms with E-state index in [1.54, 1.807) is 29.0 Å². The molecular weight excluding hydrogens is 496 g/mol. The second kappa shape index (κ2) is 11.1. The minimum absolute atomic E-state index is 0.0589. The van der Waals surface area contributed by atoms with E-state index in [9.17, 15) is 14.4 Å². The standard InChI is InChI=1S/C30H28N4O3S/c1-3-14-31-28(36)21-12-13-23-26(15-21)33-30(34(29(23)37)17-20-10-8-19(2)9-11-20)38-18-27(35)24-16-32-25-7-5-4-6-22(24)25/h4-13,15-16,32H,3,14,17-18H2,1-2H3,(H,31,36). The van der Waals surface area contributed by atoms with Gasteiger partial charge < -0.3 is 10.3 Å². The van der Waals surface area contributed by atoms with E-state index in [4.69, 9.17) is 4.98 Å². The normalized spacial score (nSPS) is 11.2. The number of fused-ring (bicyclic) bond motifs is 2. The third kappa shape index (κ3) is 5.26. The Morgan fingerprint density at radius 2 is 1.82 bits per heavy atom. The van der Waals surface area contributed by atoms with Gasteiger partial charge in [-0.1, -0.05) is 66.7 Å². The van der Waals surface area contributed by atoms with Crippen LogP contribution in [0.3, 0.4) is 0 Å². The fourth-order valence-electron chi connectivity index (χ4n) is 4.32. The smallest absolute Gasteiger partial charge is 0.262 e. The fourth-order valence-corrected chi connectivity index (χ4v) is 5.20. The summed E-state index contributed by atoms with van der Waals surface area (Å²) in [6.45, 7) is 4.89. The molecule has 0 unspecified atom stereocenters. The van der Waals surface area contributed by atoms with Crippen LogP contribution in [0.2, 0.25) is 0 Å². The monoisotopic (exact) mass is 524 g/mol. The van der Waals surface area contributed by atoms with Gasteiger partial charge in [0.1, 0.15) is 0 Å². The number of Topliss-reactive ketones (excluding diaryl/α,β-unsaturated/α-hetero) is 1. The number of carbonyl (C=O) groups is 2. The van der Waals surface area contributed by atoms with Crippen molar-refractivity contribution in [3.8, 4) is 0 Å². The highest BCUT2D eigenvalue weighted by molar-refractivity contribution is 7.99. The third-order valence-corrected chi connectivity index (χ3v) is 7.38. The second-order valence-electron chi connectivity index (χ2n) is 9.22. The maximum absolute atomic E-state index is 13.6. The van der Waals surface area contributed by atoms with Crippen LogP contribution in [0.1, 0.15) is 45.2 Å². The molecule has 0 aliphatic carbocycles. The number of aromatic nitrogens is 3. The summed E-state index contributed by atoms with van der Waals surface area (Å²) in [5.74, 6) is -0.149. The molecule has 1 amide bonds. The molecule has 0 fully saturated rings. The van der Waals surface area contributed by atoms with E-state index in [0.717, 1.165) is 28.5 Å². The number of nitrogens with zero attached hydrogens (tertiary/aromatic N) is 2. The van der Waals surface area contributed by atoms with Crippen molar-refractivity contribution >= 4 is 45.3 Å². The van der Waals surface area contributed by atoms with Gasteiger partial charge in [0.15, 0.2) is 10.9 Å². The molecule has 0 aliphatic rings. The SMILES string of the molecule is CCCNC(=O)c1ccc2c(=O)n(Cc3ccc(C)cc3)c(SCC(=O)c3c[nH]c4ccccc34)nc2c1. The number of H-pyrrole nitrogens is 1. The molecule has 2 N–H and O–H groups in total. The molecule has 0 bridgehead atoms. The number of benzene rings is 3. The lowest BCUT2D eigenvalue weighted by atomic mass is 10.1. The summed E-state index contributed by atoms with van der Waals surface area (Å²) in [5.41, 5.74) is 4.26. The van der Waals surface area contributed by atoms with Crippen LogP contribution in [-0.2, 0) is 6.54 Å². The number of ketones is 1. The average molecular weight is 525 g/mol. The number of hydrogen-bond donors (Lipinski definition) is 2. The highest BCUT2D eigenvalue weighted by atomic mass is 32.2. The van der Waals surface area contributed by atoms with Crippen molar-refractivity contribution in [2.75, 3.05) is 12.3 Å². The van der Waals surface area contributed by atoms with Crippen molar-refractivity contribution in [1.29, 1.82) is 0 Å². The molecule has 3 aromatic carbocycles. The zero-order valence-electron chi connectivity index (χ0n) is 21.3. The van der Waals surface area contributed by atoms with Gasteiger partial charge in [-0.15, -0.1) is 0 Å².